The maximum atomic E-state index is 13.0. The van der Waals surface area contributed by atoms with E-state index in [-0.39, 0.29) is 11.3 Å². The quantitative estimate of drug-likeness (QED) is 0.313. The fourth-order valence-electron chi connectivity index (χ4n) is 3.46. The highest BCUT2D eigenvalue weighted by molar-refractivity contribution is 9.10. The summed E-state index contributed by atoms with van der Waals surface area (Å²) in [4.78, 5) is 28.2. The molecule has 1 amide bonds. The van der Waals surface area contributed by atoms with E-state index in [0.717, 1.165) is 14.9 Å². The molecule has 1 aromatic heterocycles. The van der Waals surface area contributed by atoms with Gasteiger partial charge in [0.05, 0.1) is 17.2 Å². The molecule has 1 aliphatic heterocycles. The maximum Gasteiger partial charge on any atom is 0.300 e. The number of thiophene rings is 1. The van der Waals surface area contributed by atoms with Crippen molar-refractivity contribution in [2.75, 3.05) is 4.90 Å². The number of amides is 1. The molecule has 2 heterocycles. The molecule has 1 saturated heterocycles. The number of benzene rings is 2. The fourth-order valence-corrected chi connectivity index (χ4v) is 4.53. The number of aliphatic hydroxyl groups excluding tert-OH is 1. The van der Waals surface area contributed by atoms with Crippen molar-refractivity contribution in [3.05, 3.63) is 91.6 Å². The lowest BCUT2D eigenvalue weighted by atomic mass is 9.99. The number of nitrogens with zero attached hydrogens (tertiary/aromatic N) is 2. The molecule has 1 fully saturated rings. The van der Waals surface area contributed by atoms with Crippen LogP contribution in [0.25, 0.3) is 5.76 Å². The number of carbonyl (C=O) groups is 2. The van der Waals surface area contributed by atoms with Crippen LogP contribution >= 0.6 is 27.3 Å². The van der Waals surface area contributed by atoms with E-state index in [2.05, 4.69) is 15.9 Å². The Hall–Kier alpha value is -3.21. The van der Waals surface area contributed by atoms with Crippen LogP contribution in [0.5, 0.6) is 0 Å². The third-order valence-electron chi connectivity index (χ3n) is 4.96. The summed E-state index contributed by atoms with van der Waals surface area (Å²) < 4.78 is 0.881. The number of hydrogen-bond acceptors (Lipinski definition) is 5. The second-order valence-corrected chi connectivity index (χ2v) is 8.64. The van der Waals surface area contributed by atoms with Gasteiger partial charge in [0.15, 0.2) is 0 Å². The minimum absolute atomic E-state index is 0.0496. The molecule has 30 heavy (non-hydrogen) atoms. The molecule has 0 spiro atoms. The maximum absolute atomic E-state index is 13.0. The van der Waals surface area contributed by atoms with Gasteiger partial charge in [-0.1, -0.05) is 28.1 Å². The van der Waals surface area contributed by atoms with Gasteiger partial charge in [-0.15, -0.1) is 11.3 Å². The number of aryl methyl sites for hydroxylation is 1. The van der Waals surface area contributed by atoms with Gasteiger partial charge in [-0.05, 0) is 60.3 Å². The molecule has 1 aliphatic rings. The van der Waals surface area contributed by atoms with Crippen LogP contribution in [0.3, 0.4) is 0 Å². The lowest BCUT2D eigenvalue weighted by molar-refractivity contribution is -0.132. The first-order valence-corrected chi connectivity index (χ1v) is 10.7. The SMILES string of the molecule is Cc1cc(/C(O)=C2/C(=O)C(=O)N(c3ccc(C#N)cc3)C2c2cccs2)ccc1Br. The van der Waals surface area contributed by atoms with Crippen LogP contribution in [0.2, 0.25) is 0 Å². The van der Waals surface area contributed by atoms with Crippen LogP contribution in [0.15, 0.2) is 70.0 Å². The molecule has 3 aromatic rings. The number of halogens is 1. The van der Waals surface area contributed by atoms with Crippen molar-refractivity contribution in [3.8, 4) is 6.07 Å². The average molecular weight is 479 g/mol. The summed E-state index contributed by atoms with van der Waals surface area (Å²) in [7, 11) is 0. The number of ketones is 1. The lowest BCUT2D eigenvalue weighted by Crippen LogP contribution is -2.29. The number of aliphatic hydroxyl groups is 1. The van der Waals surface area contributed by atoms with Crippen LogP contribution < -0.4 is 4.90 Å². The van der Waals surface area contributed by atoms with E-state index >= 15 is 0 Å². The number of hydrogen-bond donors (Lipinski definition) is 1. The van der Waals surface area contributed by atoms with Crippen molar-refractivity contribution >= 4 is 50.4 Å². The number of carbonyl (C=O) groups excluding carboxylic acids is 2. The molecular formula is C23H15BrN2O3S. The third kappa shape index (κ3) is 3.34. The summed E-state index contributed by atoms with van der Waals surface area (Å²) in [5.41, 5.74) is 2.35. The first kappa shape index (κ1) is 20.1. The van der Waals surface area contributed by atoms with Gasteiger partial charge in [-0.25, -0.2) is 0 Å². The number of rotatable bonds is 3. The van der Waals surface area contributed by atoms with Gasteiger partial charge in [-0.2, -0.15) is 5.26 Å². The highest BCUT2D eigenvalue weighted by atomic mass is 79.9. The Kier molecular flexibility index (Phi) is 5.29. The van der Waals surface area contributed by atoms with Gasteiger partial charge in [0.25, 0.3) is 11.7 Å². The Morgan fingerprint density at radius 2 is 1.90 bits per heavy atom. The molecule has 1 N–H and O–H groups in total. The van der Waals surface area contributed by atoms with Gasteiger partial charge in [0.2, 0.25) is 0 Å². The molecule has 2 aromatic carbocycles. The smallest absolute Gasteiger partial charge is 0.300 e. The Morgan fingerprint density at radius 3 is 2.50 bits per heavy atom. The van der Waals surface area contributed by atoms with E-state index < -0.39 is 17.7 Å². The number of nitriles is 1. The van der Waals surface area contributed by atoms with Crippen molar-refractivity contribution in [2.24, 2.45) is 0 Å². The second kappa shape index (κ2) is 7.90. The number of anilines is 1. The largest absolute Gasteiger partial charge is 0.507 e. The second-order valence-electron chi connectivity index (χ2n) is 6.81. The standard InChI is InChI=1S/C23H15BrN2O3S/c1-13-11-15(6-9-17(13)24)21(27)19-20(18-3-2-10-30-18)26(23(29)22(19)28)16-7-4-14(12-25)5-8-16/h2-11,20,27H,1H3/b21-19-. The summed E-state index contributed by atoms with van der Waals surface area (Å²) in [5, 5.41) is 22.0. The van der Waals surface area contributed by atoms with Crippen LogP contribution in [0.1, 0.15) is 27.6 Å². The minimum atomic E-state index is -0.748. The topological polar surface area (TPSA) is 81.4 Å². The Morgan fingerprint density at radius 1 is 1.17 bits per heavy atom. The summed E-state index contributed by atoms with van der Waals surface area (Å²) in [6, 6.07) is 16.7. The molecule has 0 aliphatic carbocycles. The van der Waals surface area contributed by atoms with Crippen molar-refractivity contribution in [1.82, 2.24) is 0 Å². The normalized spacial score (nSPS) is 17.9. The van der Waals surface area contributed by atoms with E-state index in [1.807, 2.05) is 30.5 Å². The number of Topliss-reactive ketones (excluding diaryl/α,β-unsaturated/α-hetero) is 1. The molecule has 1 atom stereocenters. The lowest BCUT2D eigenvalue weighted by Gasteiger charge is -2.24. The summed E-state index contributed by atoms with van der Waals surface area (Å²) in [6.45, 7) is 1.88. The summed E-state index contributed by atoms with van der Waals surface area (Å²) in [5.74, 6) is -1.66. The predicted molar refractivity (Wildman–Crippen MR) is 119 cm³/mol. The Bertz CT molecular complexity index is 1220. The summed E-state index contributed by atoms with van der Waals surface area (Å²) >= 11 is 4.83. The van der Waals surface area contributed by atoms with Crippen molar-refractivity contribution < 1.29 is 14.7 Å². The van der Waals surface area contributed by atoms with Crippen molar-refractivity contribution in [3.63, 3.8) is 0 Å². The predicted octanol–water partition coefficient (Wildman–Crippen LogP) is 5.32. The molecule has 4 rings (SSSR count). The van der Waals surface area contributed by atoms with Crippen molar-refractivity contribution in [2.45, 2.75) is 13.0 Å². The average Bonchev–Trinajstić information content (AvgIpc) is 3.37. The van der Waals surface area contributed by atoms with Crippen LogP contribution in [0.4, 0.5) is 5.69 Å². The van der Waals surface area contributed by atoms with Crippen LogP contribution in [0, 0.1) is 18.3 Å². The molecule has 0 bridgehead atoms. The first-order valence-electron chi connectivity index (χ1n) is 9.03. The highest BCUT2D eigenvalue weighted by Gasteiger charge is 2.47. The van der Waals surface area contributed by atoms with Gasteiger partial charge in [0, 0.05) is 20.6 Å². The Balaban J connectivity index is 1.91. The van der Waals surface area contributed by atoms with E-state index in [1.54, 1.807) is 42.5 Å². The molecule has 1 unspecified atom stereocenters. The molecule has 148 valence electrons. The fraction of sp³-hybridized carbons (Fsp3) is 0.0870. The van der Waals surface area contributed by atoms with E-state index in [0.29, 0.717) is 16.8 Å². The van der Waals surface area contributed by atoms with Crippen LogP contribution in [-0.4, -0.2) is 16.8 Å². The Labute approximate surface area is 185 Å². The summed E-state index contributed by atoms with van der Waals surface area (Å²) in [6.07, 6.45) is 0. The highest BCUT2D eigenvalue weighted by Crippen LogP contribution is 2.43. The van der Waals surface area contributed by atoms with Gasteiger partial charge >= 0.3 is 0 Å². The zero-order valence-corrected chi connectivity index (χ0v) is 18.2. The molecule has 7 heteroatoms. The van der Waals surface area contributed by atoms with E-state index in [1.165, 1.54) is 16.2 Å². The van der Waals surface area contributed by atoms with Gasteiger partial charge in [0.1, 0.15) is 11.8 Å². The van der Waals surface area contributed by atoms with E-state index in [4.69, 9.17) is 5.26 Å². The minimum Gasteiger partial charge on any atom is -0.507 e. The first-order chi connectivity index (χ1) is 14.4. The molecule has 0 saturated carbocycles. The van der Waals surface area contributed by atoms with E-state index in [9.17, 15) is 14.7 Å². The van der Waals surface area contributed by atoms with Gasteiger partial charge < -0.3 is 5.11 Å². The third-order valence-corrected chi connectivity index (χ3v) is 6.78. The van der Waals surface area contributed by atoms with Crippen LogP contribution in [-0.2, 0) is 9.59 Å². The monoisotopic (exact) mass is 478 g/mol. The molecule has 5 nitrogen and oxygen atoms in total. The molecule has 0 radical (unpaired) electrons. The molecular weight excluding hydrogens is 464 g/mol. The van der Waals surface area contributed by atoms with Gasteiger partial charge in [-0.3, -0.25) is 14.5 Å². The van der Waals surface area contributed by atoms with Crippen molar-refractivity contribution in [1.29, 1.82) is 5.26 Å². The zero-order chi connectivity index (χ0) is 21.4. The zero-order valence-electron chi connectivity index (χ0n) is 15.8.